The van der Waals surface area contributed by atoms with Gasteiger partial charge in [-0.1, -0.05) is 76.2 Å². The monoisotopic (exact) mass is 1070 g/mol. The van der Waals surface area contributed by atoms with Crippen molar-refractivity contribution in [2.45, 2.75) is 180 Å². The van der Waals surface area contributed by atoms with E-state index in [0.29, 0.717) is 56.9 Å². The second-order valence-electron chi connectivity index (χ2n) is 21.6. The summed E-state index contributed by atoms with van der Waals surface area (Å²) in [7, 11) is 4.60. The summed E-state index contributed by atoms with van der Waals surface area (Å²) in [6.07, 6.45) is 12.5. The molecule has 0 aromatic heterocycles. The van der Waals surface area contributed by atoms with Crippen molar-refractivity contribution in [1.29, 1.82) is 0 Å². The van der Waals surface area contributed by atoms with Crippen LogP contribution in [0.25, 0.3) is 10.4 Å². The van der Waals surface area contributed by atoms with Gasteiger partial charge < -0.3 is 53.0 Å². The van der Waals surface area contributed by atoms with Gasteiger partial charge in [-0.05, 0) is 112 Å². The molecular formula is C57H90N4O15. The average molecular weight is 1070 g/mol. The van der Waals surface area contributed by atoms with Gasteiger partial charge >= 0.3 is 5.97 Å². The molecule has 0 aromatic carbocycles. The van der Waals surface area contributed by atoms with Gasteiger partial charge in [0.2, 0.25) is 5.79 Å². The van der Waals surface area contributed by atoms with Crippen LogP contribution >= 0.6 is 0 Å². The number of fused-ring (bicyclic) bond motifs is 3. The summed E-state index contributed by atoms with van der Waals surface area (Å²) in [6.45, 7) is 13.9. The van der Waals surface area contributed by atoms with Crippen LogP contribution in [-0.4, -0.2) is 166 Å². The minimum absolute atomic E-state index is 0.0131. The number of piperidine rings is 1. The summed E-state index contributed by atoms with van der Waals surface area (Å²) < 4.78 is 48.0. The number of amides is 1. The summed E-state index contributed by atoms with van der Waals surface area (Å²) in [4.78, 5) is 76.0. The number of ether oxygens (including phenoxy) is 8. The Hall–Kier alpha value is -4.14. The fraction of sp³-hybridized carbons (Fsp3) is 0.772. The Kier molecular flexibility index (Phi) is 27.7. The molecule has 3 aliphatic heterocycles. The average Bonchev–Trinajstić information content (AvgIpc) is 3.41. The number of azide groups is 1. The summed E-state index contributed by atoms with van der Waals surface area (Å²) in [5.41, 5.74) is 10.1. The molecule has 4 rings (SSSR count). The quantitative estimate of drug-likeness (QED) is 0.0288. The van der Waals surface area contributed by atoms with Crippen LogP contribution in [0.1, 0.15) is 126 Å². The van der Waals surface area contributed by atoms with Crippen molar-refractivity contribution >= 4 is 29.2 Å². The fourth-order valence-corrected chi connectivity index (χ4v) is 11.2. The molecule has 15 atom stereocenters. The van der Waals surface area contributed by atoms with E-state index in [1.165, 1.54) is 19.1 Å². The Morgan fingerprint density at radius 3 is 2.29 bits per heavy atom. The van der Waals surface area contributed by atoms with Gasteiger partial charge in [0.1, 0.15) is 30.1 Å². The number of carbonyl (C=O) groups is 5. The standard InChI is InChI=1S/C57H90N4O15/c1-36-16-12-11-13-17-37(2)48(74-29-28-72-26-23-59-60-58)34-44-21-19-42(7)57(68,76-44)54(65)55(66)61-24-15-14-18-45(61)56(67)75-49(39(4)32-43-20-22-47(73-27-25-62)50(33-43)69-8)35-46(63)38(3)31-41(6)52(70-9)53(71-10)51(64)40(5)30-36/h11-13,16-17,31,36,38-40,42-45,47-50,52-53,62,68H,14-15,18-30,32-35H2,1-10H3/b13-11+,16-12+,37-17+,41-31+/t36-,38-,39-,40-,42-,43+,44+,45+,47-,48?,49+,50-,52-,53+,57-/m1/s1. The summed E-state index contributed by atoms with van der Waals surface area (Å²) in [6, 6.07) is -1.17. The Bertz CT molecular complexity index is 2060. The number of methoxy groups -OCH3 is 3. The number of ketones is 3. The predicted molar refractivity (Wildman–Crippen MR) is 285 cm³/mol. The van der Waals surface area contributed by atoms with Crippen molar-refractivity contribution in [1.82, 2.24) is 4.90 Å². The van der Waals surface area contributed by atoms with Crippen LogP contribution in [-0.2, 0) is 61.9 Å². The number of hydrogen-bond acceptors (Lipinski definition) is 16. The zero-order valence-corrected chi connectivity index (χ0v) is 47.0. The summed E-state index contributed by atoms with van der Waals surface area (Å²) in [5.74, 6) is -7.86. The number of cyclic esters (lactones) is 1. The number of aliphatic hydroxyl groups excluding tert-OH is 1. The number of carbonyl (C=O) groups excluding carboxylic acids is 5. The van der Waals surface area contributed by atoms with Gasteiger partial charge in [-0.15, -0.1) is 0 Å². The fourth-order valence-electron chi connectivity index (χ4n) is 11.2. The summed E-state index contributed by atoms with van der Waals surface area (Å²) in [5, 5.41) is 25.1. The maximum absolute atomic E-state index is 14.6. The molecule has 3 heterocycles. The Morgan fingerprint density at radius 2 is 1.59 bits per heavy atom. The van der Waals surface area contributed by atoms with Crippen LogP contribution in [0.15, 0.2) is 52.7 Å². The van der Waals surface area contributed by atoms with Gasteiger partial charge in [-0.2, -0.15) is 0 Å². The zero-order chi connectivity index (χ0) is 56.0. The topological polar surface area (TPSA) is 252 Å². The largest absolute Gasteiger partial charge is 0.460 e. The van der Waals surface area contributed by atoms with E-state index in [2.05, 4.69) is 10.0 Å². The van der Waals surface area contributed by atoms with Crippen molar-refractivity contribution in [2.24, 2.45) is 40.6 Å². The van der Waals surface area contributed by atoms with Crippen molar-refractivity contribution in [3.63, 3.8) is 0 Å². The van der Waals surface area contributed by atoms with Gasteiger partial charge in [0.05, 0.1) is 57.5 Å². The van der Waals surface area contributed by atoms with Crippen LogP contribution in [0.5, 0.6) is 0 Å². The summed E-state index contributed by atoms with van der Waals surface area (Å²) >= 11 is 0. The number of allylic oxidation sites excluding steroid dienone is 6. The SMILES string of the molecule is CO[C@@H]1/C(C)=C/[C@@H](C)C(=O)C[C@@H]([C@H](C)C[C@@H]2CC[C@@H](OCCO)[C@H](OC)C2)OC(=O)[C@@H]2CCCCN2C(=O)C(=O)[C@]2(O)O[C@@H](CC[C@H]2C)CC(OCCOCCN=[N+]=[N-])/C(C)=C/C=C/C=C/[C@@H](C)C[C@@H](C)C(=O)[C@@H]1OC. The Balaban J connectivity index is 1.72. The van der Waals surface area contributed by atoms with Crippen molar-refractivity contribution in [3.8, 4) is 0 Å². The van der Waals surface area contributed by atoms with Gasteiger partial charge in [0.25, 0.3) is 11.7 Å². The Morgan fingerprint density at radius 1 is 0.842 bits per heavy atom. The van der Waals surface area contributed by atoms with Crippen LogP contribution in [0, 0.1) is 35.5 Å². The molecule has 1 aliphatic carbocycles. The van der Waals surface area contributed by atoms with E-state index in [-0.39, 0.29) is 107 Å². The van der Waals surface area contributed by atoms with Crippen LogP contribution < -0.4 is 0 Å². The van der Waals surface area contributed by atoms with E-state index in [9.17, 15) is 34.2 Å². The first-order chi connectivity index (χ1) is 36.3. The lowest BCUT2D eigenvalue weighted by Gasteiger charge is -2.43. The molecule has 3 fully saturated rings. The van der Waals surface area contributed by atoms with E-state index >= 15 is 0 Å². The van der Waals surface area contributed by atoms with Crippen LogP contribution in [0.4, 0.5) is 0 Å². The van der Waals surface area contributed by atoms with E-state index in [1.807, 2.05) is 58.1 Å². The first-order valence-corrected chi connectivity index (χ1v) is 27.6. The molecule has 0 aromatic rings. The number of esters is 1. The highest BCUT2D eigenvalue weighted by Gasteiger charge is 2.53. The molecule has 2 bridgehead atoms. The first kappa shape index (κ1) is 64.4. The molecule has 2 saturated heterocycles. The number of hydrogen-bond donors (Lipinski definition) is 2. The molecular weight excluding hydrogens is 981 g/mol. The van der Waals surface area contributed by atoms with Gasteiger partial charge in [0.15, 0.2) is 5.78 Å². The number of nitrogens with zero attached hydrogens (tertiary/aromatic N) is 4. The van der Waals surface area contributed by atoms with E-state index in [4.69, 9.17) is 43.4 Å². The van der Waals surface area contributed by atoms with E-state index < -0.39 is 77.8 Å². The second-order valence-corrected chi connectivity index (χ2v) is 21.6. The maximum Gasteiger partial charge on any atom is 0.329 e. The van der Waals surface area contributed by atoms with Crippen LogP contribution in [0.2, 0.25) is 0 Å². The highest BCUT2D eigenvalue weighted by atomic mass is 16.6. The minimum atomic E-state index is -2.50. The predicted octanol–water partition coefficient (Wildman–Crippen LogP) is 7.55. The third kappa shape index (κ3) is 18.8. The highest BCUT2D eigenvalue weighted by molar-refractivity contribution is 6.39. The molecule has 2 N–H and O–H groups in total. The van der Waals surface area contributed by atoms with Crippen LogP contribution in [0.3, 0.4) is 0 Å². The van der Waals surface area contributed by atoms with Crippen molar-refractivity contribution in [2.75, 3.05) is 67.5 Å². The second kappa shape index (κ2) is 32.7. The van der Waals surface area contributed by atoms with Crippen molar-refractivity contribution in [3.05, 3.63) is 58.0 Å². The number of Topliss-reactive ketones (excluding diaryl/α,β-unsaturated/α-hetero) is 3. The van der Waals surface area contributed by atoms with Gasteiger partial charge in [-0.3, -0.25) is 19.2 Å². The molecule has 428 valence electrons. The Labute approximate surface area is 451 Å². The number of rotatable bonds is 16. The molecule has 19 nitrogen and oxygen atoms in total. The molecule has 1 saturated carbocycles. The normalized spacial score (nSPS) is 36.1. The third-order valence-corrected chi connectivity index (χ3v) is 15.8. The molecule has 1 amide bonds. The van der Waals surface area contributed by atoms with Gasteiger partial charge in [0, 0.05) is 69.9 Å². The molecule has 76 heavy (non-hydrogen) atoms. The van der Waals surface area contributed by atoms with Gasteiger partial charge in [-0.25, -0.2) is 4.79 Å². The lowest BCUT2D eigenvalue weighted by molar-refractivity contribution is -0.266. The maximum atomic E-state index is 14.6. The number of aliphatic hydroxyl groups is 2. The highest BCUT2D eigenvalue weighted by Crippen LogP contribution is 2.38. The smallest absolute Gasteiger partial charge is 0.329 e. The van der Waals surface area contributed by atoms with Crippen molar-refractivity contribution < 1.29 is 72.1 Å². The first-order valence-electron chi connectivity index (χ1n) is 27.6. The lowest BCUT2D eigenvalue weighted by atomic mass is 9.78. The van der Waals surface area contributed by atoms with E-state index in [1.54, 1.807) is 34.0 Å². The minimum Gasteiger partial charge on any atom is -0.460 e. The molecule has 0 radical (unpaired) electrons. The molecule has 4 aliphatic rings. The molecule has 0 spiro atoms. The zero-order valence-electron chi connectivity index (χ0n) is 47.0. The molecule has 19 heteroatoms. The third-order valence-electron chi connectivity index (χ3n) is 15.8. The lowest BCUT2D eigenvalue weighted by Crippen LogP contribution is -2.61. The van der Waals surface area contributed by atoms with E-state index in [0.717, 1.165) is 12.0 Å². The molecule has 1 unspecified atom stereocenters.